The van der Waals surface area contributed by atoms with Crippen LogP contribution >= 0.6 is 0 Å². The molecule has 1 fully saturated rings. The van der Waals surface area contributed by atoms with Gasteiger partial charge in [-0.05, 0) is 17.2 Å². The Kier molecular flexibility index (Phi) is 7.60. The summed E-state index contributed by atoms with van der Waals surface area (Å²) in [6.07, 6.45) is 0. The summed E-state index contributed by atoms with van der Waals surface area (Å²) in [7, 11) is 1.64. The van der Waals surface area contributed by atoms with Crippen molar-refractivity contribution in [1.82, 2.24) is 15.1 Å². The summed E-state index contributed by atoms with van der Waals surface area (Å²) in [6, 6.07) is 27.4. The third kappa shape index (κ3) is 5.46. The molecule has 176 valence electrons. The zero-order valence-electron chi connectivity index (χ0n) is 19.7. The van der Waals surface area contributed by atoms with Gasteiger partial charge in [0.15, 0.2) is 0 Å². The van der Waals surface area contributed by atoms with Gasteiger partial charge in [0.05, 0.1) is 25.7 Å². The normalized spacial score (nSPS) is 16.3. The minimum absolute atomic E-state index is 0.0215. The number of nitrogens with one attached hydrogen (secondary N) is 1. The van der Waals surface area contributed by atoms with Crippen molar-refractivity contribution >= 4 is 11.8 Å². The van der Waals surface area contributed by atoms with Gasteiger partial charge < -0.3 is 15.0 Å². The van der Waals surface area contributed by atoms with Crippen LogP contribution in [0.15, 0.2) is 84.9 Å². The predicted molar refractivity (Wildman–Crippen MR) is 132 cm³/mol. The number of hydrogen-bond acceptors (Lipinski definition) is 4. The predicted octanol–water partition coefficient (Wildman–Crippen LogP) is 3.81. The van der Waals surface area contributed by atoms with Crippen LogP contribution in [0.2, 0.25) is 0 Å². The Morgan fingerprint density at radius 1 is 0.912 bits per heavy atom. The largest absolute Gasteiger partial charge is 0.496 e. The zero-order valence-corrected chi connectivity index (χ0v) is 19.7. The van der Waals surface area contributed by atoms with E-state index in [1.165, 1.54) is 0 Å². The lowest BCUT2D eigenvalue weighted by molar-refractivity contribution is -0.134. The quantitative estimate of drug-likeness (QED) is 0.586. The van der Waals surface area contributed by atoms with Crippen molar-refractivity contribution in [3.63, 3.8) is 0 Å². The van der Waals surface area contributed by atoms with Crippen LogP contribution in [0, 0.1) is 0 Å². The van der Waals surface area contributed by atoms with E-state index in [1.54, 1.807) is 14.0 Å². The number of methoxy groups -OCH3 is 1. The van der Waals surface area contributed by atoms with Gasteiger partial charge in [-0.1, -0.05) is 78.9 Å². The van der Waals surface area contributed by atoms with E-state index in [-0.39, 0.29) is 30.4 Å². The highest BCUT2D eigenvalue weighted by atomic mass is 16.5. The second-order valence-corrected chi connectivity index (χ2v) is 8.53. The number of benzene rings is 3. The molecule has 0 saturated carbocycles. The maximum absolute atomic E-state index is 13.2. The number of amides is 2. The van der Waals surface area contributed by atoms with Crippen molar-refractivity contribution in [2.45, 2.75) is 19.0 Å². The van der Waals surface area contributed by atoms with Gasteiger partial charge in [0, 0.05) is 32.1 Å². The van der Waals surface area contributed by atoms with Crippen LogP contribution in [0.4, 0.5) is 0 Å². The average Bonchev–Trinajstić information content (AvgIpc) is 2.88. The number of nitrogens with zero attached hydrogens (tertiary/aromatic N) is 2. The standard InChI is InChI=1S/C28H31N3O3/c1-21(32)31-18-17-30(19-25(31)24-15-9-10-16-26(24)34-2)20-27(33)29-28(22-11-5-3-6-12-22)23-13-7-4-8-14-23/h3-16,25,28H,17-20H2,1-2H3,(H,29,33)/t25-/m0/s1. The summed E-state index contributed by atoms with van der Waals surface area (Å²) in [6.45, 7) is 3.61. The molecule has 2 amide bonds. The molecule has 0 aliphatic carbocycles. The Morgan fingerprint density at radius 2 is 1.50 bits per heavy atom. The lowest BCUT2D eigenvalue weighted by Crippen LogP contribution is -2.52. The fourth-order valence-corrected chi connectivity index (χ4v) is 4.63. The molecule has 6 heteroatoms. The fourth-order valence-electron chi connectivity index (χ4n) is 4.63. The number of ether oxygens (including phenoxy) is 1. The molecule has 0 spiro atoms. The van der Waals surface area contributed by atoms with Crippen LogP contribution in [-0.2, 0) is 9.59 Å². The van der Waals surface area contributed by atoms with Gasteiger partial charge in [-0.3, -0.25) is 14.5 Å². The molecule has 1 saturated heterocycles. The minimum Gasteiger partial charge on any atom is -0.496 e. The van der Waals surface area contributed by atoms with E-state index >= 15 is 0 Å². The SMILES string of the molecule is COc1ccccc1[C@@H]1CN(CC(=O)NC(c2ccccc2)c2ccccc2)CCN1C(C)=O. The first-order valence-electron chi connectivity index (χ1n) is 11.6. The van der Waals surface area contributed by atoms with E-state index in [0.29, 0.717) is 19.6 Å². The molecule has 1 N–H and O–H groups in total. The van der Waals surface area contributed by atoms with Crippen LogP contribution in [0.25, 0.3) is 0 Å². The monoisotopic (exact) mass is 457 g/mol. The van der Waals surface area contributed by atoms with Gasteiger partial charge >= 0.3 is 0 Å². The molecule has 6 nitrogen and oxygen atoms in total. The van der Waals surface area contributed by atoms with Crippen molar-refractivity contribution in [3.8, 4) is 5.75 Å². The number of para-hydroxylation sites is 1. The van der Waals surface area contributed by atoms with Crippen molar-refractivity contribution in [2.75, 3.05) is 33.3 Å². The van der Waals surface area contributed by atoms with Crippen molar-refractivity contribution in [2.24, 2.45) is 0 Å². The molecule has 3 aromatic carbocycles. The third-order valence-electron chi connectivity index (χ3n) is 6.31. The second kappa shape index (κ2) is 11.0. The Hall–Kier alpha value is -3.64. The minimum atomic E-state index is -0.224. The Morgan fingerprint density at radius 3 is 2.09 bits per heavy atom. The van der Waals surface area contributed by atoms with Gasteiger partial charge in [0.1, 0.15) is 5.75 Å². The Labute approximate surface area is 201 Å². The van der Waals surface area contributed by atoms with E-state index in [2.05, 4.69) is 10.2 Å². The molecule has 34 heavy (non-hydrogen) atoms. The van der Waals surface area contributed by atoms with Crippen LogP contribution < -0.4 is 10.1 Å². The summed E-state index contributed by atoms with van der Waals surface area (Å²) in [5, 5.41) is 3.22. The molecule has 3 aromatic rings. The summed E-state index contributed by atoms with van der Waals surface area (Å²) < 4.78 is 5.56. The van der Waals surface area contributed by atoms with Gasteiger partial charge in [0.25, 0.3) is 0 Å². The number of rotatable bonds is 7. The van der Waals surface area contributed by atoms with Crippen molar-refractivity contribution in [1.29, 1.82) is 0 Å². The summed E-state index contributed by atoms with van der Waals surface area (Å²) in [5.74, 6) is 0.722. The molecule has 0 aromatic heterocycles. The first kappa shape index (κ1) is 23.5. The first-order valence-corrected chi connectivity index (χ1v) is 11.6. The van der Waals surface area contributed by atoms with Gasteiger partial charge in [-0.2, -0.15) is 0 Å². The third-order valence-corrected chi connectivity index (χ3v) is 6.31. The molecule has 1 aliphatic heterocycles. The maximum Gasteiger partial charge on any atom is 0.234 e. The van der Waals surface area contributed by atoms with Gasteiger partial charge in [-0.15, -0.1) is 0 Å². The molecule has 4 rings (SSSR count). The molecular weight excluding hydrogens is 426 g/mol. The molecule has 0 bridgehead atoms. The average molecular weight is 458 g/mol. The number of carbonyl (C=O) groups is 2. The van der Waals surface area contributed by atoms with Gasteiger partial charge in [0.2, 0.25) is 11.8 Å². The molecule has 1 heterocycles. The van der Waals surface area contributed by atoms with Crippen LogP contribution in [0.5, 0.6) is 5.75 Å². The van der Waals surface area contributed by atoms with Crippen molar-refractivity contribution in [3.05, 3.63) is 102 Å². The lowest BCUT2D eigenvalue weighted by atomic mass is 9.98. The van der Waals surface area contributed by atoms with E-state index in [0.717, 1.165) is 22.4 Å². The molecule has 0 radical (unpaired) electrons. The summed E-state index contributed by atoms with van der Waals surface area (Å²) in [5.41, 5.74) is 3.03. The molecule has 1 atom stereocenters. The van der Waals surface area contributed by atoms with Crippen LogP contribution in [-0.4, -0.2) is 54.9 Å². The van der Waals surface area contributed by atoms with E-state index in [1.807, 2.05) is 89.8 Å². The smallest absolute Gasteiger partial charge is 0.234 e. The maximum atomic E-state index is 13.2. The number of hydrogen-bond donors (Lipinski definition) is 1. The number of piperazine rings is 1. The summed E-state index contributed by atoms with van der Waals surface area (Å²) >= 11 is 0. The summed E-state index contributed by atoms with van der Waals surface area (Å²) in [4.78, 5) is 29.5. The Bertz CT molecular complexity index is 1060. The van der Waals surface area contributed by atoms with Crippen LogP contribution in [0.3, 0.4) is 0 Å². The van der Waals surface area contributed by atoms with Gasteiger partial charge in [-0.25, -0.2) is 0 Å². The highest BCUT2D eigenvalue weighted by Gasteiger charge is 2.32. The van der Waals surface area contributed by atoms with Crippen molar-refractivity contribution < 1.29 is 14.3 Å². The van der Waals surface area contributed by atoms with Crippen LogP contribution in [0.1, 0.15) is 35.7 Å². The second-order valence-electron chi connectivity index (χ2n) is 8.53. The van der Waals surface area contributed by atoms with E-state index < -0.39 is 0 Å². The highest BCUT2D eigenvalue weighted by molar-refractivity contribution is 5.79. The van der Waals surface area contributed by atoms with E-state index in [4.69, 9.17) is 4.74 Å². The fraction of sp³-hybridized carbons (Fsp3) is 0.286. The Balaban J connectivity index is 1.50. The van der Waals surface area contributed by atoms with E-state index in [9.17, 15) is 9.59 Å². The molecule has 1 aliphatic rings. The lowest BCUT2D eigenvalue weighted by Gasteiger charge is -2.41. The number of carbonyl (C=O) groups excluding carboxylic acids is 2. The molecule has 0 unspecified atom stereocenters. The first-order chi connectivity index (χ1) is 16.6. The highest BCUT2D eigenvalue weighted by Crippen LogP contribution is 2.32. The molecular formula is C28H31N3O3. The topological polar surface area (TPSA) is 61.9 Å². The zero-order chi connectivity index (χ0) is 23.9.